The number of benzene rings is 1. The third-order valence-corrected chi connectivity index (χ3v) is 3.39. The van der Waals surface area contributed by atoms with Crippen LogP contribution in [0.1, 0.15) is 18.5 Å². The quantitative estimate of drug-likeness (QED) is 0.811. The van der Waals surface area contributed by atoms with Crippen LogP contribution >= 0.6 is 11.8 Å². The van der Waals surface area contributed by atoms with E-state index in [-0.39, 0.29) is 23.7 Å². The summed E-state index contributed by atoms with van der Waals surface area (Å²) in [6.07, 6.45) is 0. The number of nitrogens with two attached hydrogens (primary N) is 1. The van der Waals surface area contributed by atoms with Crippen molar-refractivity contribution in [2.45, 2.75) is 18.2 Å². The first-order valence-corrected chi connectivity index (χ1v) is 5.92. The van der Waals surface area contributed by atoms with Crippen LogP contribution in [0.2, 0.25) is 0 Å². The van der Waals surface area contributed by atoms with Crippen molar-refractivity contribution >= 4 is 11.8 Å². The Kier molecular flexibility index (Phi) is 5.08. The highest BCUT2D eigenvalue weighted by Gasteiger charge is 2.08. The molecular weight excluding hydrogens is 213 g/mol. The fraction of sp³-hybridized carbons (Fsp3) is 0.455. The first-order valence-electron chi connectivity index (χ1n) is 4.87. The molecule has 0 saturated heterocycles. The van der Waals surface area contributed by atoms with Gasteiger partial charge >= 0.3 is 0 Å². The Hall–Kier alpha value is -0.580. The molecule has 1 rings (SSSR count). The molecule has 2 atom stereocenters. The van der Waals surface area contributed by atoms with E-state index < -0.39 is 0 Å². The van der Waals surface area contributed by atoms with Crippen LogP contribution in [0.5, 0.6) is 0 Å². The van der Waals surface area contributed by atoms with Crippen LogP contribution in [0, 0.1) is 5.82 Å². The minimum atomic E-state index is -0.248. The van der Waals surface area contributed by atoms with Crippen LogP contribution in [-0.4, -0.2) is 22.7 Å². The fourth-order valence-corrected chi connectivity index (χ4v) is 1.96. The average Bonchev–Trinajstić information content (AvgIpc) is 2.26. The second kappa shape index (κ2) is 6.10. The number of thioether (sulfide) groups is 1. The summed E-state index contributed by atoms with van der Waals surface area (Å²) in [7, 11) is 0. The SMILES string of the molecule is CC(CO)SCC(N)c1ccc(F)cc1. The minimum absolute atomic E-state index is 0.107. The van der Waals surface area contributed by atoms with Crippen molar-refractivity contribution in [3.8, 4) is 0 Å². The van der Waals surface area contributed by atoms with Crippen LogP contribution in [-0.2, 0) is 0 Å². The van der Waals surface area contributed by atoms with Gasteiger partial charge in [-0.1, -0.05) is 19.1 Å². The maximum absolute atomic E-state index is 12.6. The van der Waals surface area contributed by atoms with Crippen LogP contribution in [0.25, 0.3) is 0 Å². The number of hydrogen-bond acceptors (Lipinski definition) is 3. The number of hydrogen-bond donors (Lipinski definition) is 2. The summed E-state index contributed by atoms with van der Waals surface area (Å²) in [5.74, 6) is 0.482. The van der Waals surface area contributed by atoms with Gasteiger partial charge in [-0.05, 0) is 17.7 Å². The summed E-state index contributed by atoms with van der Waals surface area (Å²) in [5.41, 5.74) is 6.85. The third-order valence-electron chi connectivity index (χ3n) is 2.12. The maximum atomic E-state index is 12.6. The molecule has 0 spiro atoms. The third kappa shape index (κ3) is 4.20. The molecule has 0 heterocycles. The molecule has 0 aromatic heterocycles. The average molecular weight is 229 g/mol. The zero-order valence-corrected chi connectivity index (χ0v) is 9.51. The Morgan fingerprint density at radius 2 is 2.00 bits per heavy atom. The monoisotopic (exact) mass is 229 g/mol. The van der Waals surface area contributed by atoms with Crippen LogP contribution in [0.15, 0.2) is 24.3 Å². The van der Waals surface area contributed by atoms with E-state index in [4.69, 9.17) is 10.8 Å². The topological polar surface area (TPSA) is 46.2 Å². The standard InChI is InChI=1S/C11H16FNOS/c1-8(6-14)15-7-11(13)9-2-4-10(12)5-3-9/h2-5,8,11,14H,6-7,13H2,1H3. The number of aliphatic hydroxyl groups is 1. The predicted molar refractivity (Wildman–Crippen MR) is 62.3 cm³/mol. The van der Waals surface area contributed by atoms with Crippen LogP contribution in [0.4, 0.5) is 4.39 Å². The lowest BCUT2D eigenvalue weighted by Gasteiger charge is -2.14. The normalized spacial score (nSPS) is 14.9. The van der Waals surface area contributed by atoms with Crippen molar-refractivity contribution in [3.05, 3.63) is 35.6 Å². The molecule has 0 aliphatic carbocycles. The highest BCUT2D eigenvalue weighted by molar-refractivity contribution is 7.99. The Bertz CT molecular complexity index is 291. The lowest BCUT2D eigenvalue weighted by molar-refractivity contribution is 0.300. The van der Waals surface area contributed by atoms with Gasteiger partial charge in [-0.2, -0.15) is 11.8 Å². The summed E-state index contributed by atoms with van der Waals surface area (Å²) in [5, 5.41) is 9.03. The van der Waals surface area contributed by atoms with E-state index in [1.54, 1.807) is 23.9 Å². The largest absolute Gasteiger partial charge is 0.395 e. The van der Waals surface area contributed by atoms with Gasteiger partial charge in [0.2, 0.25) is 0 Å². The van der Waals surface area contributed by atoms with Crippen molar-refractivity contribution in [1.82, 2.24) is 0 Å². The van der Waals surface area contributed by atoms with E-state index in [2.05, 4.69) is 0 Å². The summed E-state index contributed by atoms with van der Waals surface area (Å²) < 4.78 is 12.6. The smallest absolute Gasteiger partial charge is 0.123 e. The Morgan fingerprint density at radius 1 is 1.40 bits per heavy atom. The first-order chi connectivity index (χ1) is 7.13. The fourth-order valence-electron chi connectivity index (χ4n) is 1.13. The van der Waals surface area contributed by atoms with Gasteiger partial charge in [0.1, 0.15) is 5.82 Å². The minimum Gasteiger partial charge on any atom is -0.395 e. The van der Waals surface area contributed by atoms with Crippen molar-refractivity contribution in [1.29, 1.82) is 0 Å². The summed E-state index contributed by atoms with van der Waals surface area (Å²) in [6.45, 7) is 2.10. The Morgan fingerprint density at radius 3 is 2.53 bits per heavy atom. The second-order valence-corrected chi connectivity index (χ2v) is 4.96. The maximum Gasteiger partial charge on any atom is 0.123 e. The zero-order chi connectivity index (χ0) is 11.3. The molecule has 0 saturated carbocycles. The van der Waals surface area contributed by atoms with E-state index >= 15 is 0 Å². The van der Waals surface area contributed by atoms with Gasteiger partial charge in [0.25, 0.3) is 0 Å². The molecule has 15 heavy (non-hydrogen) atoms. The summed E-state index contributed by atoms with van der Waals surface area (Å²) in [6, 6.07) is 6.11. The van der Waals surface area contributed by atoms with E-state index in [9.17, 15) is 4.39 Å². The molecule has 84 valence electrons. The van der Waals surface area contributed by atoms with Crippen molar-refractivity contribution in [3.63, 3.8) is 0 Å². The van der Waals surface area contributed by atoms with E-state index in [0.29, 0.717) is 0 Å². The van der Waals surface area contributed by atoms with Crippen molar-refractivity contribution in [2.24, 2.45) is 5.73 Å². The molecule has 2 unspecified atom stereocenters. The highest BCUT2D eigenvalue weighted by atomic mass is 32.2. The van der Waals surface area contributed by atoms with E-state index in [1.165, 1.54) is 12.1 Å². The number of halogens is 1. The van der Waals surface area contributed by atoms with Gasteiger partial charge in [0, 0.05) is 17.0 Å². The zero-order valence-electron chi connectivity index (χ0n) is 8.69. The number of rotatable bonds is 5. The molecule has 4 heteroatoms. The Labute approximate surface area is 93.7 Å². The van der Waals surface area contributed by atoms with Gasteiger partial charge in [-0.15, -0.1) is 0 Å². The molecule has 0 radical (unpaired) electrons. The molecule has 0 bridgehead atoms. The molecule has 0 fully saturated rings. The molecule has 0 aliphatic rings. The molecule has 3 N–H and O–H groups in total. The van der Waals surface area contributed by atoms with Gasteiger partial charge < -0.3 is 10.8 Å². The molecular formula is C11H16FNOS. The first kappa shape index (κ1) is 12.5. The molecule has 1 aromatic carbocycles. The Balaban J connectivity index is 2.46. The molecule has 0 amide bonds. The van der Waals surface area contributed by atoms with Crippen molar-refractivity contribution in [2.75, 3.05) is 12.4 Å². The number of aliphatic hydroxyl groups excluding tert-OH is 1. The predicted octanol–water partition coefficient (Wildman–Crippen LogP) is 1.94. The van der Waals surface area contributed by atoms with E-state index in [0.717, 1.165) is 11.3 Å². The summed E-state index contributed by atoms with van der Waals surface area (Å²) in [4.78, 5) is 0. The van der Waals surface area contributed by atoms with Crippen molar-refractivity contribution < 1.29 is 9.50 Å². The lowest BCUT2D eigenvalue weighted by atomic mass is 10.1. The van der Waals surface area contributed by atoms with Gasteiger partial charge in [-0.3, -0.25) is 0 Å². The summed E-state index contributed by atoms with van der Waals surface area (Å²) >= 11 is 1.61. The molecule has 1 aromatic rings. The molecule has 2 nitrogen and oxygen atoms in total. The van der Waals surface area contributed by atoms with Crippen LogP contribution < -0.4 is 5.73 Å². The van der Waals surface area contributed by atoms with Crippen LogP contribution in [0.3, 0.4) is 0 Å². The van der Waals surface area contributed by atoms with Gasteiger partial charge in [-0.25, -0.2) is 4.39 Å². The van der Waals surface area contributed by atoms with Gasteiger partial charge in [0.05, 0.1) is 6.61 Å². The molecule has 0 aliphatic heterocycles. The van der Waals surface area contributed by atoms with Gasteiger partial charge in [0.15, 0.2) is 0 Å². The second-order valence-electron chi connectivity index (χ2n) is 3.48. The van der Waals surface area contributed by atoms with E-state index in [1.807, 2.05) is 6.92 Å². The highest BCUT2D eigenvalue weighted by Crippen LogP contribution is 2.19. The lowest BCUT2D eigenvalue weighted by Crippen LogP contribution is -2.15.